The molecule has 2 heterocycles. The Hall–Kier alpha value is -3.03. The van der Waals surface area contributed by atoms with E-state index in [0.717, 1.165) is 36.3 Å². The predicted octanol–water partition coefficient (Wildman–Crippen LogP) is 2.99. The van der Waals surface area contributed by atoms with Gasteiger partial charge >= 0.3 is 0 Å². The van der Waals surface area contributed by atoms with Crippen LogP contribution in [0.4, 0.5) is 0 Å². The summed E-state index contributed by atoms with van der Waals surface area (Å²) in [6.45, 7) is 4.71. The van der Waals surface area contributed by atoms with Crippen molar-refractivity contribution in [1.82, 2.24) is 30.8 Å². The number of hydrogen-bond acceptors (Lipinski definition) is 7. The zero-order valence-electron chi connectivity index (χ0n) is 13.6. The molecule has 0 aliphatic carbocycles. The van der Waals surface area contributed by atoms with E-state index in [1.54, 1.807) is 6.08 Å². The van der Waals surface area contributed by atoms with E-state index in [1.165, 1.54) is 0 Å². The summed E-state index contributed by atoms with van der Waals surface area (Å²) in [7, 11) is 0. The van der Waals surface area contributed by atoms with E-state index in [0.29, 0.717) is 17.5 Å². The molecule has 3 rings (SSSR count). The summed E-state index contributed by atoms with van der Waals surface area (Å²) in [5, 5.41) is 17.6. The molecule has 1 aromatic carbocycles. The normalized spacial score (nSPS) is 11.7. The van der Waals surface area contributed by atoms with Gasteiger partial charge in [0.2, 0.25) is 5.82 Å². The molecule has 0 saturated carbocycles. The summed E-state index contributed by atoms with van der Waals surface area (Å²) < 4.78 is 10.9. The monoisotopic (exact) mass is 326 g/mol. The zero-order chi connectivity index (χ0) is 16.8. The number of allylic oxidation sites excluding steroid dienone is 1. The summed E-state index contributed by atoms with van der Waals surface area (Å²) in [4.78, 5) is 4.36. The van der Waals surface area contributed by atoms with Crippen LogP contribution in [0, 0.1) is 0 Å². The molecule has 8 heteroatoms. The van der Waals surface area contributed by atoms with Crippen LogP contribution in [0.5, 0.6) is 5.75 Å². The van der Waals surface area contributed by atoms with Crippen LogP contribution in [0.15, 0.2) is 28.8 Å². The van der Waals surface area contributed by atoms with Crippen molar-refractivity contribution in [3.63, 3.8) is 0 Å². The maximum Gasteiger partial charge on any atom is 0.251 e. The molecular formula is C16H18N6O2. The Morgan fingerprint density at radius 2 is 2.12 bits per heavy atom. The van der Waals surface area contributed by atoms with Gasteiger partial charge in [-0.05, 0) is 48.0 Å². The van der Waals surface area contributed by atoms with Crippen LogP contribution in [0.2, 0.25) is 0 Å². The molecule has 2 aromatic heterocycles. The van der Waals surface area contributed by atoms with Gasteiger partial charge in [-0.25, -0.2) is 5.10 Å². The Morgan fingerprint density at radius 3 is 2.83 bits per heavy atom. The molecule has 24 heavy (non-hydrogen) atoms. The highest BCUT2D eigenvalue weighted by Crippen LogP contribution is 2.21. The highest BCUT2D eigenvalue weighted by molar-refractivity contribution is 5.74. The van der Waals surface area contributed by atoms with Gasteiger partial charge in [0.15, 0.2) is 5.82 Å². The average molecular weight is 326 g/mol. The fourth-order valence-electron chi connectivity index (χ4n) is 2.03. The summed E-state index contributed by atoms with van der Waals surface area (Å²) in [5.41, 5.74) is 1.66. The number of H-pyrrole nitrogens is 1. The van der Waals surface area contributed by atoms with Gasteiger partial charge in [-0.2, -0.15) is 4.98 Å². The molecule has 3 aromatic rings. The number of nitrogens with zero attached hydrogens (tertiary/aromatic N) is 5. The molecule has 0 bridgehead atoms. The summed E-state index contributed by atoms with van der Waals surface area (Å²) in [6, 6.07) is 7.63. The number of nitrogens with one attached hydrogen (secondary N) is 1. The second-order valence-corrected chi connectivity index (χ2v) is 5.26. The van der Waals surface area contributed by atoms with Gasteiger partial charge in [-0.1, -0.05) is 18.5 Å². The van der Waals surface area contributed by atoms with Crippen molar-refractivity contribution in [2.24, 2.45) is 0 Å². The standard InChI is InChI=1S/C16H18N6O2/c1-3-4-9-23-13-7-5-12(6-8-13)16-17-14(24-20-16)10-11(2)15-18-21-22-19-15/h5-8,10H,3-4,9H2,1-2H3,(H,18,19,21,22)/b11-10+. The second-order valence-electron chi connectivity index (χ2n) is 5.26. The first-order valence-corrected chi connectivity index (χ1v) is 7.75. The summed E-state index contributed by atoms with van der Waals surface area (Å²) in [5.74, 6) is 2.31. The highest BCUT2D eigenvalue weighted by Gasteiger charge is 2.09. The lowest BCUT2D eigenvalue weighted by molar-refractivity contribution is 0.309. The Morgan fingerprint density at radius 1 is 1.29 bits per heavy atom. The van der Waals surface area contributed by atoms with Crippen LogP contribution < -0.4 is 4.74 Å². The van der Waals surface area contributed by atoms with Crippen molar-refractivity contribution in [2.75, 3.05) is 6.61 Å². The van der Waals surface area contributed by atoms with Gasteiger partial charge in [0.05, 0.1) is 6.61 Å². The SMILES string of the molecule is CCCCOc1ccc(-c2noc(/C=C(\C)c3nnn[nH]3)n2)cc1. The number of hydrogen-bond donors (Lipinski definition) is 1. The molecule has 1 N–H and O–H groups in total. The Balaban J connectivity index is 1.70. The number of benzene rings is 1. The number of tetrazole rings is 1. The first kappa shape index (κ1) is 15.9. The van der Waals surface area contributed by atoms with E-state index in [2.05, 4.69) is 37.7 Å². The molecular weight excluding hydrogens is 308 g/mol. The number of ether oxygens (including phenoxy) is 1. The molecule has 0 fully saturated rings. The maximum absolute atomic E-state index is 5.64. The van der Waals surface area contributed by atoms with E-state index in [4.69, 9.17) is 9.26 Å². The first-order valence-electron chi connectivity index (χ1n) is 7.75. The van der Waals surface area contributed by atoms with Crippen LogP contribution in [-0.2, 0) is 0 Å². The smallest absolute Gasteiger partial charge is 0.251 e. The highest BCUT2D eigenvalue weighted by atomic mass is 16.5. The number of unbranched alkanes of at least 4 members (excludes halogenated alkanes) is 1. The van der Waals surface area contributed by atoms with Gasteiger partial charge in [0.1, 0.15) is 5.75 Å². The molecule has 0 saturated heterocycles. The zero-order valence-corrected chi connectivity index (χ0v) is 13.6. The van der Waals surface area contributed by atoms with Gasteiger partial charge < -0.3 is 9.26 Å². The van der Waals surface area contributed by atoms with Gasteiger partial charge in [0, 0.05) is 17.2 Å². The third-order valence-electron chi connectivity index (χ3n) is 3.38. The van der Waals surface area contributed by atoms with Crippen LogP contribution >= 0.6 is 0 Å². The Bertz CT molecular complexity index is 792. The van der Waals surface area contributed by atoms with Crippen LogP contribution in [-0.4, -0.2) is 37.4 Å². The fourth-order valence-corrected chi connectivity index (χ4v) is 2.03. The van der Waals surface area contributed by atoms with Crippen LogP contribution in [0.3, 0.4) is 0 Å². The van der Waals surface area contributed by atoms with E-state index in [9.17, 15) is 0 Å². The van der Waals surface area contributed by atoms with Crippen LogP contribution in [0.1, 0.15) is 38.4 Å². The lowest BCUT2D eigenvalue weighted by Crippen LogP contribution is -1.96. The first-order chi connectivity index (χ1) is 11.8. The largest absolute Gasteiger partial charge is 0.494 e. The molecule has 0 aliphatic heterocycles. The van der Waals surface area contributed by atoms with E-state index >= 15 is 0 Å². The van der Waals surface area contributed by atoms with E-state index in [-0.39, 0.29) is 0 Å². The fraction of sp³-hybridized carbons (Fsp3) is 0.312. The minimum absolute atomic E-state index is 0.391. The second kappa shape index (κ2) is 7.49. The minimum Gasteiger partial charge on any atom is -0.494 e. The molecule has 0 radical (unpaired) electrons. The number of aromatic amines is 1. The van der Waals surface area contributed by atoms with Crippen molar-refractivity contribution in [2.45, 2.75) is 26.7 Å². The number of aromatic nitrogens is 6. The van der Waals surface area contributed by atoms with Crippen LogP contribution in [0.25, 0.3) is 23.0 Å². The van der Waals surface area contributed by atoms with Gasteiger partial charge in [-0.3, -0.25) is 0 Å². The van der Waals surface area contributed by atoms with Gasteiger partial charge in [0.25, 0.3) is 5.89 Å². The molecule has 8 nitrogen and oxygen atoms in total. The van der Waals surface area contributed by atoms with Crippen molar-refractivity contribution < 1.29 is 9.26 Å². The summed E-state index contributed by atoms with van der Waals surface area (Å²) in [6.07, 6.45) is 3.88. The molecule has 0 spiro atoms. The van der Waals surface area contributed by atoms with Crippen molar-refractivity contribution in [3.05, 3.63) is 36.0 Å². The number of rotatable bonds is 7. The lowest BCUT2D eigenvalue weighted by Gasteiger charge is -2.04. The maximum atomic E-state index is 5.64. The molecule has 124 valence electrons. The average Bonchev–Trinajstić information content (AvgIpc) is 3.27. The quantitative estimate of drug-likeness (QED) is 0.666. The van der Waals surface area contributed by atoms with E-state index < -0.39 is 0 Å². The predicted molar refractivity (Wildman–Crippen MR) is 87.9 cm³/mol. The summed E-state index contributed by atoms with van der Waals surface area (Å²) >= 11 is 0. The molecule has 0 aliphatic rings. The van der Waals surface area contributed by atoms with Crippen molar-refractivity contribution in [3.8, 4) is 17.1 Å². The molecule has 0 atom stereocenters. The Labute approximate surface area is 138 Å². The van der Waals surface area contributed by atoms with E-state index in [1.807, 2.05) is 31.2 Å². The van der Waals surface area contributed by atoms with Crippen molar-refractivity contribution >= 4 is 11.6 Å². The Kier molecular flexibility index (Phi) is 4.95. The molecule has 0 amide bonds. The minimum atomic E-state index is 0.391. The third kappa shape index (κ3) is 3.83. The lowest BCUT2D eigenvalue weighted by atomic mass is 10.2. The van der Waals surface area contributed by atoms with Gasteiger partial charge in [-0.15, -0.1) is 5.10 Å². The third-order valence-corrected chi connectivity index (χ3v) is 3.38. The topological polar surface area (TPSA) is 103 Å². The molecule has 0 unspecified atom stereocenters. The van der Waals surface area contributed by atoms with Crippen molar-refractivity contribution in [1.29, 1.82) is 0 Å².